The Balaban J connectivity index is 1.17. The Bertz CT molecular complexity index is 1720. The van der Waals surface area contributed by atoms with Gasteiger partial charge in [0, 0.05) is 75.6 Å². The van der Waals surface area contributed by atoms with E-state index in [2.05, 4.69) is 72.0 Å². The van der Waals surface area contributed by atoms with E-state index in [4.69, 9.17) is 5.10 Å². The maximum absolute atomic E-state index is 12.7. The Hall–Kier alpha value is -4.78. The summed E-state index contributed by atoms with van der Waals surface area (Å²) in [5, 5.41) is 26.3. The van der Waals surface area contributed by atoms with Gasteiger partial charge in [0.2, 0.25) is 5.91 Å². The third-order valence-electron chi connectivity index (χ3n) is 8.64. The van der Waals surface area contributed by atoms with Crippen LogP contribution in [0.15, 0.2) is 42.9 Å². The zero-order valence-corrected chi connectivity index (χ0v) is 24.7. The van der Waals surface area contributed by atoms with Crippen LogP contribution < -0.4 is 20.9 Å². The van der Waals surface area contributed by atoms with Gasteiger partial charge in [0.25, 0.3) is 5.91 Å². The van der Waals surface area contributed by atoms with Crippen molar-refractivity contribution in [3.05, 3.63) is 59.8 Å². The van der Waals surface area contributed by atoms with Gasteiger partial charge in [-0.2, -0.15) is 10.2 Å². The summed E-state index contributed by atoms with van der Waals surface area (Å²) in [5.74, 6) is -0.120. The van der Waals surface area contributed by atoms with Crippen LogP contribution in [0, 0.1) is 5.92 Å². The number of nitrogens with zero attached hydrogens (tertiary/aromatic N) is 8. The Kier molecular flexibility index (Phi) is 6.61. The number of aromatic nitrogens is 6. The Labute approximate surface area is 249 Å². The molecule has 3 N–H and O–H groups in total. The second-order valence-corrected chi connectivity index (χ2v) is 11.7. The second-order valence-electron chi connectivity index (χ2n) is 11.7. The molecule has 0 radical (unpaired) electrons. The number of amides is 2. The van der Waals surface area contributed by atoms with Crippen LogP contribution >= 0.6 is 0 Å². The minimum absolute atomic E-state index is 0.0207. The number of likely N-dealkylation sites (tertiary alicyclic amines) is 1. The van der Waals surface area contributed by atoms with Gasteiger partial charge in [-0.25, -0.2) is 0 Å². The standard InChI is InChI=1S/C30H35N11O2/c1-17-27-22(12-33-41(27)20-15-40(16-20)14-18-11-32-38(3)13-18)21-6-5-7-23(28(21)39(17)4)34-24-10-25(35-29(42)19-8-9-19)36-37-26(24)30(43)31-2/h5-7,10-13,17,19-20H,8-9,14-16H2,1-4H3,(H,31,43)(H2,34,35,36,42). The van der Waals surface area contributed by atoms with Gasteiger partial charge >= 0.3 is 0 Å². The topological polar surface area (TPSA) is 138 Å². The van der Waals surface area contributed by atoms with Crippen LogP contribution in [0.2, 0.25) is 0 Å². The van der Waals surface area contributed by atoms with E-state index in [1.165, 1.54) is 11.3 Å². The fourth-order valence-corrected chi connectivity index (χ4v) is 6.10. The molecule has 3 aliphatic rings. The number of nitrogens with one attached hydrogen (secondary N) is 3. The van der Waals surface area contributed by atoms with Crippen molar-refractivity contribution >= 4 is 34.7 Å². The van der Waals surface area contributed by atoms with Gasteiger partial charge in [0.05, 0.1) is 47.2 Å². The van der Waals surface area contributed by atoms with Crippen LogP contribution in [0.25, 0.3) is 11.1 Å². The quantitative estimate of drug-likeness (QED) is 0.287. The molecular weight excluding hydrogens is 546 g/mol. The van der Waals surface area contributed by atoms with E-state index in [-0.39, 0.29) is 29.5 Å². The molecular formula is C30H35N11O2. The molecule has 2 amide bonds. The minimum Gasteiger partial charge on any atom is -0.364 e. The fourth-order valence-electron chi connectivity index (χ4n) is 6.10. The van der Waals surface area contributed by atoms with Gasteiger partial charge in [0.15, 0.2) is 11.5 Å². The van der Waals surface area contributed by atoms with Crippen molar-refractivity contribution in [2.24, 2.45) is 13.0 Å². The monoisotopic (exact) mass is 581 g/mol. The number of fused-ring (bicyclic) bond motifs is 3. The van der Waals surface area contributed by atoms with Crippen molar-refractivity contribution in [2.45, 2.75) is 38.4 Å². The van der Waals surface area contributed by atoms with Crippen molar-refractivity contribution < 1.29 is 9.59 Å². The van der Waals surface area contributed by atoms with Gasteiger partial charge in [-0.15, -0.1) is 10.2 Å². The van der Waals surface area contributed by atoms with Gasteiger partial charge in [0.1, 0.15) is 0 Å². The Morgan fingerprint density at radius 3 is 2.56 bits per heavy atom. The maximum Gasteiger partial charge on any atom is 0.273 e. The summed E-state index contributed by atoms with van der Waals surface area (Å²) in [6, 6.07) is 8.12. The molecule has 1 aromatic carbocycles. The summed E-state index contributed by atoms with van der Waals surface area (Å²) < 4.78 is 4.04. The first-order valence-corrected chi connectivity index (χ1v) is 14.6. The minimum atomic E-state index is -0.372. The molecule has 5 heterocycles. The first-order chi connectivity index (χ1) is 20.8. The summed E-state index contributed by atoms with van der Waals surface area (Å²) >= 11 is 0. The molecule has 2 fully saturated rings. The molecule has 43 heavy (non-hydrogen) atoms. The zero-order valence-electron chi connectivity index (χ0n) is 24.7. The average molecular weight is 582 g/mol. The Morgan fingerprint density at radius 2 is 1.84 bits per heavy atom. The predicted molar refractivity (Wildman–Crippen MR) is 162 cm³/mol. The number of aryl methyl sites for hydroxylation is 1. The maximum atomic E-state index is 12.7. The highest BCUT2D eigenvalue weighted by Crippen LogP contribution is 2.49. The third-order valence-corrected chi connectivity index (χ3v) is 8.64. The second kappa shape index (κ2) is 10.5. The summed E-state index contributed by atoms with van der Waals surface area (Å²) in [5.41, 5.74) is 6.99. The van der Waals surface area contributed by atoms with E-state index >= 15 is 0 Å². The molecule has 1 saturated carbocycles. The van der Waals surface area contributed by atoms with Gasteiger partial charge < -0.3 is 20.9 Å². The lowest BCUT2D eigenvalue weighted by molar-refractivity contribution is -0.117. The molecule has 1 saturated heterocycles. The zero-order chi connectivity index (χ0) is 29.8. The number of carbonyl (C=O) groups excluding carboxylic acids is 2. The molecule has 222 valence electrons. The summed E-state index contributed by atoms with van der Waals surface area (Å²) in [4.78, 5) is 29.7. The van der Waals surface area contributed by atoms with Crippen LogP contribution in [-0.2, 0) is 18.4 Å². The van der Waals surface area contributed by atoms with Gasteiger partial charge in [-0.3, -0.25) is 23.9 Å². The first kappa shape index (κ1) is 27.1. The molecule has 13 heteroatoms. The summed E-state index contributed by atoms with van der Waals surface area (Å²) in [6.07, 6.45) is 7.72. The highest BCUT2D eigenvalue weighted by atomic mass is 16.2. The van der Waals surface area contributed by atoms with Crippen molar-refractivity contribution in [3.8, 4) is 11.1 Å². The number of anilines is 4. The molecule has 0 spiro atoms. The van der Waals surface area contributed by atoms with E-state index in [0.29, 0.717) is 17.5 Å². The van der Waals surface area contributed by atoms with Crippen LogP contribution in [0.5, 0.6) is 0 Å². The number of hydrogen-bond donors (Lipinski definition) is 3. The van der Waals surface area contributed by atoms with Crippen molar-refractivity contribution in [1.29, 1.82) is 0 Å². The fraction of sp³-hybridized carbons (Fsp3) is 0.400. The lowest BCUT2D eigenvalue weighted by Gasteiger charge is -2.42. The SMILES string of the molecule is CNC(=O)c1nnc(NC(=O)C2CC2)cc1Nc1cccc2c1N(C)C(C)c1c-2cnn1C1CN(Cc2cnn(C)c2)C1. The van der Waals surface area contributed by atoms with E-state index in [1.807, 2.05) is 36.3 Å². The molecule has 1 atom stereocenters. The van der Waals surface area contributed by atoms with Crippen LogP contribution in [0.1, 0.15) is 53.6 Å². The molecule has 3 aromatic heterocycles. The van der Waals surface area contributed by atoms with Crippen molar-refractivity contribution in [2.75, 3.05) is 42.7 Å². The highest BCUT2D eigenvalue weighted by Gasteiger charge is 2.37. The number of carbonyl (C=O) groups is 2. The van der Waals surface area contributed by atoms with Crippen LogP contribution in [0.4, 0.5) is 22.9 Å². The first-order valence-electron chi connectivity index (χ1n) is 14.6. The van der Waals surface area contributed by atoms with Crippen molar-refractivity contribution in [3.63, 3.8) is 0 Å². The number of para-hydroxylation sites is 1. The lowest BCUT2D eigenvalue weighted by atomic mass is 9.93. The summed E-state index contributed by atoms with van der Waals surface area (Å²) in [7, 11) is 5.57. The smallest absolute Gasteiger partial charge is 0.273 e. The third kappa shape index (κ3) is 4.88. The number of benzene rings is 1. The largest absolute Gasteiger partial charge is 0.364 e. The van der Waals surface area contributed by atoms with E-state index in [0.717, 1.165) is 55.0 Å². The van der Waals surface area contributed by atoms with Gasteiger partial charge in [-0.05, 0) is 25.8 Å². The molecule has 1 unspecified atom stereocenters. The highest BCUT2D eigenvalue weighted by molar-refractivity contribution is 6.01. The molecule has 4 aromatic rings. The number of rotatable bonds is 8. The predicted octanol–water partition coefficient (Wildman–Crippen LogP) is 3.09. The van der Waals surface area contributed by atoms with Crippen molar-refractivity contribution in [1.82, 2.24) is 40.0 Å². The number of hydrogen-bond acceptors (Lipinski definition) is 9. The van der Waals surface area contributed by atoms with Crippen LogP contribution in [0.3, 0.4) is 0 Å². The van der Waals surface area contributed by atoms with Gasteiger partial charge in [-0.1, -0.05) is 12.1 Å². The van der Waals surface area contributed by atoms with E-state index in [1.54, 1.807) is 13.1 Å². The lowest BCUT2D eigenvalue weighted by Crippen LogP contribution is -2.48. The molecule has 13 nitrogen and oxygen atoms in total. The normalized spacial score (nSPS) is 18.0. The molecule has 0 bridgehead atoms. The summed E-state index contributed by atoms with van der Waals surface area (Å²) in [6.45, 7) is 4.95. The molecule has 1 aliphatic carbocycles. The average Bonchev–Trinajstić information content (AvgIpc) is 3.62. The Morgan fingerprint density at radius 1 is 1.02 bits per heavy atom. The van der Waals surface area contributed by atoms with E-state index < -0.39 is 0 Å². The molecule has 7 rings (SSSR count). The molecule has 2 aliphatic heterocycles. The van der Waals surface area contributed by atoms with Crippen LogP contribution in [-0.4, -0.2) is 73.7 Å². The van der Waals surface area contributed by atoms with E-state index in [9.17, 15) is 9.59 Å².